The Hall–Kier alpha value is -0.870. The average molecular weight is 194 g/mol. The van der Waals surface area contributed by atoms with E-state index in [2.05, 4.69) is 16.2 Å². The van der Waals surface area contributed by atoms with Gasteiger partial charge in [-0.15, -0.1) is 0 Å². The van der Waals surface area contributed by atoms with E-state index in [4.69, 9.17) is 5.73 Å². The van der Waals surface area contributed by atoms with Crippen molar-refractivity contribution in [1.82, 2.24) is 14.7 Å². The van der Waals surface area contributed by atoms with Crippen LogP contribution in [0.25, 0.3) is 0 Å². The fourth-order valence-corrected chi connectivity index (χ4v) is 1.90. The monoisotopic (exact) mass is 194 g/mol. The molecule has 0 bridgehead atoms. The molecule has 4 nitrogen and oxygen atoms in total. The third kappa shape index (κ3) is 2.13. The maximum absolute atomic E-state index is 5.57. The van der Waals surface area contributed by atoms with E-state index in [0.29, 0.717) is 0 Å². The lowest BCUT2D eigenvalue weighted by molar-refractivity contribution is 0.108. The van der Waals surface area contributed by atoms with Crippen LogP contribution in [0.4, 0.5) is 0 Å². The number of likely N-dealkylation sites (tertiary alicyclic amines) is 1. The minimum atomic E-state index is 0.740. The van der Waals surface area contributed by atoms with E-state index in [1.807, 2.05) is 17.9 Å². The van der Waals surface area contributed by atoms with Gasteiger partial charge in [-0.3, -0.25) is 4.68 Å². The fourth-order valence-electron chi connectivity index (χ4n) is 1.90. The molecule has 0 atom stereocenters. The van der Waals surface area contributed by atoms with Crippen LogP contribution in [-0.2, 0) is 13.5 Å². The summed E-state index contributed by atoms with van der Waals surface area (Å²) >= 11 is 0. The highest BCUT2D eigenvalue weighted by molar-refractivity contribution is 5.04. The smallest absolute Gasteiger partial charge is 0.0522 e. The first-order valence-corrected chi connectivity index (χ1v) is 5.18. The molecule has 4 heteroatoms. The predicted octanol–water partition coefficient (Wildman–Crippen LogP) is -0.147. The van der Waals surface area contributed by atoms with Gasteiger partial charge in [0.2, 0.25) is 0 Å². The van der Waals surface area contributed by atoms with Crippen LogP contribution >= 0.6 is 0 Å². The third-order valence-corrected chi connectivity index (χ3v) is 2.84. The second-order valence-electron chi connectivity index (χ2n) is 4.13. The summed E-state index contributed by atoms with van der Waals surface area (Å²) < 4.78 is 1.86. The lowest BCUT2D eigenvalue weighted by Crippen LogP contribution is -2.50. The summed E-state index contributed by atoms with van der Waals surface area (Å²) in [7, 11) is 1.96. The number of hydrogen-bond acceptors (Lipinski definition) is 3. The second-order valence-corrected chi connectivity index (χ2v) is 4.13. The largest absolute Gasteiger partial charge is 0.330 e. The molecule has 2 N–H and O–H groups in total. The number of aryl methyl sites for hydroxylation is 1. The highest BCUT2D eigenvalue weighted by atomic mass is 15.2. The zero-order chi connectivity index (χ0) is 9.97. The van der Waals surface area contributed by atoms with Gasteiger partial charge in [-0.25, -0.2) is 0 Å². The summed E-state index contributed by atoms with van der Waals surface area (Å²) in [5, 5.41) is 4.15. The molecule has 1 aliphatic rings. The van der Waals surface area contributed by atoms with E-state index in [-0.39, 0.29) is 0 Å². The molecule has 1 aromatic rings. The Bertz CT molecular complexity index is 288. The summed E-state index contributed by atoms with van der Waals surface area (Å²) in [6, 6.07) is 0. The molecule has 1 fully saturated rings. The van der Waals surface area contributed by atoms with Crippen LogP contribution in [0.15, 0.2) is 12.4 Å². The van der Waals surface area contributed by atoms with Crippen molar-refractivity contribution in [3.63, 3.8) is 0 Å². The zero-order valence-electron chi connectivity index (χ0n) is 8.69. The molecule has 1 aromatic heterocycles. The number of nitrogens with zero attached hydrogens (tertiary/aromatic N) is 3. The van der Waals surface area contributed by atoms with Crippen LogP contribution in [0.2, 0.25) is 0 Å². The van der Waals surface area contributed by atoms with Crippen LogP contribution in [0, 0.1) is 5.92 Å². The SMILES string of the molecule is Cn1cc(CCN2CC(CN)C2)cn1. The highest BCUT2D eigenvalue weighted by Crippen LogP contribution is 2.14. The molecule has 0 aliphatic carbocycles. The van der Waals surface area contributed by atoms with Crippen LogP contribution in [-0.4, -0.2) is 40.9 Å². The molecule has 2 rings (SSSR count). The number of aromatic nitrogens is 2. The predicted molar refractivity (Wildman–Crippen MR) is 55.9 cm³/mol. The van der Waals surface area contributed by atoms with Crippen molar-refractivity contribution in [2.75, 3.05) is 26.2 Å². The Morgan fingerprint density at radius 3 is 2.93 bits per heavy atom. The molecule has 1 saturated heterocycles. The second kappa shape index (κ2) is 4.11. The van der Waals surface area contributed by atoms with E-state index < -0.39 is 0 Å². The van der Waals surface area contributed by atoms with Crippen molar-refractivity contribution in [2.24, 2.45) is 18.7 Å². The average Bonchev–Trinajstić information content (AvgIpc) is 2.49. The van der Waals surface area contributed by atoms with Crippen molar-refractivity contribution in [3.8, 4) is 0 Å². The van der Waals surface area contributed by atoms with Gasteiger partial charge in [-0.05, 0) is 24.4 Å². The molecule has 0 spiro atoms. The minimum Gasteiger partial charge on any atom is -0.330 e. The van der Waals surface area contributed by atoms with Crippen molar-refractivity contribution in [2.45, 2.75) is 6.42 Å². The summed E-state index contributed by atoms with van der Waals surface area (Å²) in [4.78, 5) is 2.45. The fraction of sp³-hybridized carbons (Fsp3) is 0.700. The molecule has 78 valence electrons. The summed E-state index contributed by atoms with van der Waals surface area (Å²) in [5.74, 6) is 0.740. The molecule has 0 radical (unpaired) electrons. The maximum Gasteiger partial charge on any atom is 0.0522 e. The van der Waals surface area contributed by atoms with Crippen LogP contribution in [0.3, 0.4) is 0 Å². The molecule has 0 unspecified atom stereocenters. The van der Waals surface area contributed by atoms with E-state index in [9.17, 15) is 0 Å². The van der Waals surface area contributed by atoms with Gasteiger partial charge in [-0.1, -0.05) is 0 Å². The minimum absolute atomic E-state index is 0.740. The summed E-state index contributed by atoms with van der Waals surface area (Å²) in [6.07, 6.45) is 5.13. The number of nitrogens with two attached hydrogens (primary N) is 1. The van der Waals surface area contributed by atoms with Crippen molar-refractivity contribution in [3.05, 3.63) is 18.0 Å². The van der Waals surface area contributed by atoms with Gasteiger partial charge in [0, 0.05) is 32.9 Å². The van der Waals surface area contributed by atoms with Gasteiger partial charge in [0.05, 0.1) is 6.20 Å². The Morgan fingerprint density at radius 2 is 2.36 bits per heavy atom. The van der Waals surface area contributed by atoms with Gasteiger partial charge in [0.25, 0.3) is 0 Å². The van der Waals surface area contributed by atoms with E-state index in [1.54, 1.807) is 0 Å². The first-order valence-electron chi connectivity index (χ1n) is 5.18. The van der Waals surface area contributed by atoms with E-state index in [1.165, 1.54) is 18.7 Å². The Morgan fingerprint density at radius 1 is 1.57 bits per heavy atom. The maximum atomic E-state index is 5.57. The van der Waals surface area contributed by atoms with E-state index >= 15 is 0 Å². The van der Waals surface area contributed by atoms with Crippen LogP contribution in [0.1, 0.15) is 5.56 Å². The van der Waals surface area contributed by atoms with Crippen molar-refractivity contribution >= 4 is 0 Å². The summed E-state index contributed by atoms with van der Waals surface area (Å²) in [5.41, 5.74) is 6.89. The molecule has 1 aliphatic heterocycles. The van der Waals surface area contributed by atoms with Crippen molar-refractivity contribution < 1.29 is 0 Å². The van der Waals surface area contributed by atoms with Crippen LogP contribution < -0.4 is 5.73 Å². The van der Waals surface area contributed by atoms with Crippen molar-refractivity contribution in [1.29, 1.82) is 0 Å². The first-order chi connectivity index (χ1) is 6.78. The highest BCUT2D eigenvalue weighted by Gasteiger charge is 2.24. The van der Waals surface area contributed by atoms with Gasteiger partial charge in [0.1, 0.15) is 0 Å². The van der Waals surface area contributed by atoms with Gasteiger partial charge < -0.3 is 10.6 Å². The molecular weight excluding hydrogens is 176 g/mol. The summed E-state index contributed by atoms with van der Waals surface area (Å²) in [6.45, 7) is 4.33. The van der Waals surface area contributed by atoms with Gasteiger partial charge >= 0.3 is 0 Å². The molecular formula is C10H18N4. The van der Waals surface area contributed by atoms with Crippen LogP contribution in [0.5, 0.6) is 0 Å². The number of hydrogen-bond donors (Lipinski definition) is 1. The van der Waals surface area contributed by atoms with Gasteiger partial charge in [-0.2, -0.15) is 5.10 Å². The molecule has 0 aromatic carbocycles. The molecule has 0 saturated carbocycles. The quantitative estimate of drug-likeness (QED) is 0.725. The standard InChI is InChI=1S/C10H18N4/c1-13-6-9(5-12-13)2-3-14-7-10(4-11)8-14/h5-6,10H,2-4,7-8,11H2,1H3. The Kier molecular flexibility index (Phi) is 2.84. The molecule has 14 heavy (non-hydrogen) atoms. The molecule has 0 amide bonds. The normalized spacial score (nSPS) is 18.4. The third-order valence-electron chi connectivity index (χ3n) is 2.84. The topological polar surface area (TPSA) is 47.1 Å². The Labute approximate surface area is 84.7 Å². The zero-order valence-corrected chi connectivity index (χ0v) is 8.69. The van der Waals surface area contributed by atoms with E-state index in [0.717, 1.165) is 25.4 Å². The van der Waals surface area contributed by atoms with Gasteiger partial charge in [0.15, 0.2) is 0 Å². The first kappa shape index (κ1) is 9.68. The lowest BCUT2D eigenvalue weighted by atomic mass is 10.00. The Balaban J connectivity index is 1.69. The number of rotatable bonds is 4. The lowest BCUT2D eigenvalue weighted by Gasteiger charge is -2.38. The molecule has 2 heterocycles.